The fourth-order valence-electron chi connectivity index (χ4n) is 1.91. The number of rotatable bonds is 3. The van der Waals surface area contributed by atoms with Crippen LogP contribution in [-0.2, 0) is 10.0 Å². The number of imidazole rings is 1. The van der Waals surface area contributed by atoms with Gasteiger partial charge in [0.2, 0.25) is 5.03 Å². The molecule has 9 heteroatoms. The number of halogens is 1. The first-order valence-corrected chi connectivity index (χ1v) is 7.32. The summed E-state index contributed by atoms with van der Waals surface area (Å²) in [7, 11) is -4.09. The minimum atomic E-state index is -4.09. The van der Waals surface area contributed by atoms with Crippen molar-refractivity contribution in [2.75, 3.05) is 10.5 Å². The lowest BCUT2D eigenvalue weighted by atomic mass is 10.4. The lowest BCUT2D eigenvalue weighted by Crippen LogP contribution is -2.17. The van der Waals surface area contributed by atoms with Crippen LogP contribution in [0, 0.1) is 5.82 Å². The van der Waals surface area contributed by atoms with Crippen LogP contribution in [0.25, 0.3) is 5.65 Å². The van der Waals surface area contributed by atoms with Crippen molar-refractivity contribution in [3.8, 4) is 0 Å². The number of aromatic nitrogens is 3. The molecule has 0 bridgehead atoms. The van der Waals surface area contributed by atoms with Gasteiger partial charge in [-0.25, -0.2) is 9.37 Å². The molecular weight excluding hydrogens is 297 g/mol. The highest BCUT2D eigenvalue weighted by atomic mass is 32.2. The Labute approximate surface area is 119 Å². The largest absolute Gasteiger partial charge is 0.381 e. The number of fused-ring (bicyclic) bond motifs is 1. The molecule has 0 aliphatic carbocycles. The number of nitrogens with two attached hydrogens (primary N) is 1. The number of pyridine rings is 2. The molecule has 3 aromatic rings. The maximum absolute atomic E-state index is 13.5. The topological polar surface area (TPSA) is 102 Å². The van der Waals surface area contributed by atoms with Gasteiger partial charge in [0.15, 0.2) is 11.6 Å². The van der Waals surface area contributed by atoms with Crippen LogP contribution in [0.5, 0.6) is 0 Å². The van der Waals surface area contributed by atoms with Crippen molar-refractivity contribution in [1.29, 1.82) is 0 Å². The van der Waals surface area contributed by atoms with E-state index in [1.807, 2.05) is 0 Å². The maximum Gasteiger partial charge on any atom is 0.281 e. The molecule has 0 aliphatic rings. The summed E-state index contributed by atoms with van der Waals surface area (Å²) in [4.78, 5) is 7.51. The van der Waals surface area contributed by atoms with Gasteiger partial charge in [0, 0.05) is 12.4 Å². The van der Waals surface area contributed by atoms with Gasteiger partial charge in [0.25, 0.3) is 10.0 Å². The van der Waals surface area contributed by atoms with Crippen LogP contribution < -0.4 is 10.5 Å². The molecule has 0 amide bonds. The normalized spacial score (nSPS) is 11.7. The van der Waals surface area contributed by atoms with E-state index in [1.54, 1.807) is 18.2 Å². The molecule has 0 atom stereocenters. The summed E-state index contributed by atoms with van der Waals surface area (Å²) in [5, 5.41) is -0.241. The SMILES string of the molecule is Nc1nc2ccccn2c1S(=O)(=O)Nc1ccncc1F. The maximum atomic E-state index is 13.5. The molecule has 0 spiro atoms. The van der Waals surface area contributed by atoms with E-state index in [0.29, 0.717) is 5.65 Å². The van der Waals surface area contributed by atoms with Gasteiger partial charge >= 0.3 is 0 Å². The molecule has 0 unspecified atom stereocenters. The zero-order valence-corrected chi connectivity index (χ0v) is 11.4. The number of nitrogens with one attached hydrogen (secondary N) is 1. The fourth-order valence-corrected chi connectivity index (χ4v) is 3.20. The van der Waals surface area contributed by atoms with E-state index in [4.69, 9.17) is 5.73 Å². The summed E-state index contributed by atoms with van der Waals surface area (Å²) >= 11 is 0. The van der Waals surface area contributed by atoms with Gasteiger partial charge < -0.3 is 5.73 Å². The molecule has 108 valence electrons. The number of hydrogen-bond acceptors (Lipinski definition) is 5. The highest BCUT2D eigenvalue weighted by Crippen LogP contribution is 2.23. The molecule has 0 radical (unpaired) electrons. The van der Waals surface area contributed by atoms with Crippen LogP contribution in [0.2, 0.25) is 0 Å². The second-order valence-corrected chi connectivity index (χ2v) is 5.79. The van der Waals surface area contributed by atoms with Crippen molar-refractivity contribution >= 4 is 27.2 Å². The third kappa shape index (κ3) is 2.27. The smallest absolute Gasteiger partial charge is 0.281 e. The van der Waals surface area contributed by atoms with Crippen LogP contribution in [-0.4, -0.2) is 22.8 Å². The Morgan fingerprint density at radius 2 is 2.10 bits per heavy atom. The Morgan fingerprint density at radius 3 is 2.86 bits per heavy atom. The van der Waals surface area contributed by atoms with Crippen LogP contribution in [0.4, 0.5) is 15.9 Å². The second-order valence-electron chi connectivity index (χ2n) is 4.19. The van der Waals surface area contributed by atoms with Gasteiger partial charge in [-0.05, 0) is 18.2 Å². The predicted octanol–water partition coefficient (Wildman–Crippen LogP) is 1.25. The summed E-state index contributed by atoms with van der Waals surface area (Å²) in [6.07, 6.45) is 3.70. The number of anilines is 2. The lowest BCUT2D eigenvalue weighted by Gasteiger charge is -2.08. The van der Waals surface area contributed by atoms with Crippen LogP contribution >= 0.6 is 0 Å². The first-order valence-electron chi connectivity index (χ1n) is 5.84. The molecule has 3 rings (SSSR count). The molecule has 0 aromatic carbocycles. The van der Waals surface area contributed by atoms with Gasteiger partial charge in [-0.1, -0.05) is 6.07 Å². The van der Waals surface area contributed by atoms with E-state index in [2.05, 4.69) is 14.7 Å². The van der Waals surface area contributed by atoms with Gasteiger partial charge in [-0.2, -0.15) is 8.42 Å². The molecule has 21 heavy (non-hydrogen) atoms. The van der Waals surface area contributed by atoms with Crippen molar-refractivity contribution in [1.82, 2.24) is 14.4 Å². The number of nitrogens with zero attached hydrogens (tertiary/aromatic N) is 3. The first kappa shape index (κ1) is 13.3. The number of nitrogen functional groups attached to an aromatic ring is 1. The molecule has 3 heterocycles. The summed E-state index contributed by atoms with van der Waals surface area (Å²) in [5.41, 5.74) is 5.84. The minimum Gasteiger partial charge on any atom is -0.381 e. The van der Waals surface area contributed by atoms with E-state index in [-0.39, 0.29) is 16.5 Å². The Balaban J connectivity index is 2.13. The van der Waals surface area contributed by atoms with Crippen molar-refractivity contribution in [3.05, 3.63) is 48.7 Å². The Morgan fingerprint density at radius 1 is 1.29 bits per heavy atom. The number of hydrogen-bond donors (Lipinski definition) is 2. The van der Waals surface area contributed by atoms with Crippen molar-refractivity contribution in [3.63, 3.8) is 0 Å². The molecule has 3 aromatic heterocycles. The summed E-state index contributed by atoms with van der Waals surface area (Å²) < 4.78 is 41.8. The molecule has 3 N–H and O–H groups in total. The van der Waals surface area contributed by atoms with Crippen LogP contribution in [0.1, 0.15) is 0 Å². The van der Waals surface area contributed by atoms with Crippen molar-refractivity contribution < 1.29 is 12.8 Å². The fraction of sp³-hybridized carbons (Fsp3) is 0. The van der Waals surface area contributed by atoms with E-state index in [1.165, 1.54) is 22.9 Å². The molecule has 0 aliphatic heterocycles. The quantitative estimate of drug-likeness (QED) is 0.758. The molecule has 7 nitrogen and oxygen atoms in total. The highest BCUT2D eigenvalue weighted by molar-refractivity contribution is 7.92. The zero-order valence-electron chi connectivity index (χ0n) is 10.6. The summed E-state index contributed by atoms with van der Waals surface area (Å²) in [6.45, 7) is 0. The Kier molecular flexibility index (Phi) is 2.98. The number of sulfonamides is 1. The average molecular weight is 307 g/mol. The second kappa shape index (κ2) is 4.70. The van der Waals surface area contributed by atoms with Gasteiger partial charge in [0.05, 0.1) is 11.9 Å². The average Bonchev–Trinajstić information content (AvgIpc) is 2.77. The first-order chi connectivity index (χ1) is 9.99. The van der Waals surface area contributed by atoms with Gasteiger partial charge in [0.1, 0.15) is 5.65 Å². The van der Waals surface area contributed by atoms with Gasteiger partial charge in [-0.15, -0.1) is 0 Å². The van der Waals surface area contributed by atoms with E-state index in [0.717, 1.165) is 6.20 Å². The highest BCUT2D eigenvalue weighted by Gasteiger charge is 2.24. The summed E-state index contributed by atoms with van der Waals surface area (Å²) in [6, 6.07) is 6.17. The zero-order chi connectivity index (χ0) is 15.0. The van der Waals surface area contributed by atoms with Crippen LogP contribution in [0.3, 0.4) is 0 Å². The Hall–Kier alpha value is -2.68. The van der Waals surface area contributed by atoms with Gasteiger partial charge in [-0.3, -0.25) is 14.1 Å². The van der Waals surface area contributed by atoms with Crippen molar-refractivity contribution in [2.24, 2.45) is 0 Å². The Bertz CT molecular complexity index is 922. The molecular formula is C12H10FN5O2S. The van der Waals surface area contributed by atoms with E-state index in [9.17, 15) is 12.8 Å². The van der Waals surface area contributed by atoms with E-state index >= 15 is 0 Å². The predicted molar refractivity (Wildman–Crippen MR) is 74.6 cm³/mol. The summed E-state index contributed by atoms with van der Waals surface area (Å²) in [5.74, 6) is -0.948. The van der Waals surface area contributed by atoms with E-state index < -0.39 is 15.8 Å². The lowest BCUT2D eigenvalue weighted by molar-refractivity contribution is 0.594. The third-order valence-electron chi connectivity index (χ3n) is 2.78. The molecule has 0 fully saturated rings. The molecule has 0 saturated carbocycles. The standard InChI is InChI=1S/C12H10FN5O2S/c13-8-7-15-5-4-9(8)17-21(19,20)12-11(14)16-10-3-1-2-6-18(10)12/h1-7H,14H2,(H,15,17). The molecule has 0 saturated heterocycles. The monoisotopic (exact) mass is 307 g/mol. The van der Waals surface area contributed by atoms with Crippen LogP contribution in [0.15, 0.2) is 47.9 Å². The van der Waals surface area contributed by atoms with Crippen molar-refractivity contribution in [2.45, 2.75) is 5.03 Å². The third-order valence-corrected chi connectivity index (χ3v) is 4.19. The minimum absolute atomic E-state index is 0.164.